The number of benzene rings is 1. The van der Waals surface area contributed by atoms with Gasteiger partial charge in [0, 0.05) is 12.0 Å². The van der Waals surface area contributed by atoms with Crippen molar-refractivity contribution in [1.82, 2.24) is 5.32 Å². The molecule has 0 saturated carbocycles. The second-order valence-electron chi connectivity index (χ2n) is 6.51. The van der Waals surface area contributed by atoms with Crippen LogP contribution in [-0.2, 0) is 15.1 Å². The normalized spacial score (nSPS) is 12.0. The third kappa shape index (κ3) is 9.14. The van der Waals surface area contributed by atoms with Gasteiger partial charge in [0.2, 0.25) is 5.91 Å². The fourth-order valence-electron chi connectivity index (χ4n) is 1.73. The van der Waals surface area contributed by atoms with Crippen LogP contribution in [0.4, 0.5) is 13.2 Å². The van der Waals surface area contributed by atoms with Crippen molar-refractivity contribution < 1.29 is 27.9 Å². The predicted molar refractivity (Wildman–Crippen MR) is 84.2 cm³/mol. The van der Waals surface area contributed by atoms with Crippen LogP contribution < -0.4 is 11.1 Å². The molecule has 0 aliphatic rings. The van der Waals surface area contributed by atoms with Crippen LogP contribution in [0.1, 0.15) is 39.7 Å². The molecule has 0 bridgehead atoms. The highest BCUT2D eigenvalue weighted by Gasteiger charge is 2.38. The minimum atomic E-state index is -5.08. The summed E-state index contributed by atoms with van der Waals surface area (Å²) in [6, 6.07) is 9.92. The number of nitrogens with two attached hydrogens (primary N) is 1. The molecular weight excluding hydrogens is 325 g/mol. The zero-order valence-corrected chi connectivity index (χ0v) is 14.1. The Morgan fingerprint density at radius 1 is 1.08 bits per heavy atom. The minimum absolute atomic E-state index is 0.0219. The maximum absolute atomic E-state index is 11.9. The zero-order valence-electron chi connectivity index (χ0n) is 14.1. The van der Waals surface area contributed by atoms with Crippen LogP contribution in [0.3, 0.4) is 0 Å². The summed E-state index contributed by atoms with van der Waals surface area (Å²) in [4.78, 5) is 20.8. The zero-order chi connectivity index (χ0) is 19.2. The topological polar surface area (TPSA) is 92.4 Å². The number of nitrogens with one attached hydrogen (secondary N) is 1. The summed E-state index contributed by atoms with van der Waals surface area (Å²) in [5, 5.41) is 10.1. The van der Waals surface area contributed by atoms with Gasteiger partial charge in [-0.15, -0.1) is 0 Å². The second-order valence-corrected chi connectivity index (χ2v) is 6.51. The van der Waals surface area contributed by atoms with Gasteiger partial charge in [-0.25, -0.2) is 4.79 Å². The molecular formula is C16H23F3N2O3. The van der Waals surface area contributed by atoms with Crippen LogP contribution in [0.15, 0.2) is 30.3 Å². The molecule has 0 aromatic heterocycles. The lowest BCUT2D eigenvalue weighted by atomic mass is 9.93. The maximum Gasteiger partial charge on any atom is 0.490 e. The molecule has 0 radical (unpaired) electrons. The molecule has 0 aliphatic heterocycles. The van der Waals surface area contributed by atoms with Crippen molar-refractivity contribution in [2.75, 3.05) is 0 Å². The van der Waals surface area contributed by atoms with E-state index in [1.807, 2.05) is 58.0 Å². The maximum atomic E-state index is 11.9. The van der Waals surface area contributed by atoms with Gasteiger partial charge in [-0.3, -0.25) is 4.79 Å². The standard InChI is InChI=1S/C14H22N2O.C2HF3O2/c1-13(2,15)10-12(17)16-14(3,4)11-8-6-5-7-9-11;3-2(4,5)1(6)7/h5-9H,10,15H2,1-4H3,(H,16,17);(H,6,7). The van der Waals surface area contributed by atoms with Crippen LogP contribution in [0, 0.1) is 0 Å². The highest BCUT2D eigenvalue weighted by Crippen LogP contribution is 2.20. The van der Waals surface area contributed by atoms with E-state index >= 15 is 0 Å². The summed E-state index contributed by atoms with van der Waals surface area (Å²) >= 11 is 0. The van der Waals surface area contributed by atoms with Gasteiger partial charge in [0.1, 0.15) is 0 Å². The Morgan fingerprint density at radius 3 is 1.83 bits per heavy atom. The first-order chi connectivity index (χ1) is 10.6. The van der Waals surface area contributed by atoms with Crippen molar-refractivity contribution >= 4 is 11.9 Å². The molecule has 0 heterocycles. The van der Waals surface area contributed by atoms with E-state index in [0.29, 0.717) is 6.42 Å². The molecule has 1 aromatic rings. The summed E-state index contributed by atoms with van der Waals surface area (Å²) in [7, 11) is 0. The van der Waals surface area contributed by atoms with Crippen molar-refractivity contribution in [2.24, 2.45) is 5.73 Å². The minimum Gasteiger partial charge on any atom is -0.475 e. The molecule has 5 nitrogen and oxygen atoms in total. The first-order valence-corrected chi connectivity index (χ1v) is 7.11. The van der Waals surface area contributed by atoms with E-state index in [0.717, 1.165) is 5.56 Å². The number of carboxylic acid groups (broad SMARTS) is 1. The van der Waals surface area contributed by atoms with E-state index in [4.69, 9.17) is 15.6 Å². The summed E-state index contributed by atoms with van der Waals surface area (Å²) in [6.07, 6.45) is -4.76. The van der Waals surface area contributed by atoms with Crippen LogP contribution >= 0.6 is 0 Å². The Morgan fingerprint density at radius 2 is 1.50 bits per heavy atom. The number of amides is 1. The first kappa shape index (κ1) is 21.9. The van der Waals surface area contributed by atoms with Gasteiger partial charge in [-0.2, -0.15) is 13.2 Å². The third-order valence-electron chi connectivity index (χ3n) is 2.81. The summed E-state index contributed by atoms with van der Waals surface area (Å²) in [6.45, 7) is 7.68. The number of hydrogen-bond acceptors (Lipinski definition) is 3. The Bertz CT molecular complexity index is 550. The molecule has 8 heteroatoms. The molecule has 136 valence electrons. The van der Waals surface area contributed by atoms with Crippen molar-refractivity contribution in [2.45, 2.75) is 51.4 Å². The Hall–Kier alpha value is -2.09. The smallest absolute Gasteiger partial charge is 0.475 e. The number of carbonyl (C=O) groups is 2. The highest BCUT2D eigenvalue weighted by molar-refractivity contribution is 5.78. The monoisotopic (exact) mass is 348 g/mol. The molecule has 24 heavy (non-hydrogen) atoms. The van der Waals surface area contributed by atoms with Crippen LogP contribution in [0.5, 0.6) is 0 Å². The SMILES string of the molecule is CC(C)(N)CC(=O)NC(C)(C)c1ccccc1.O=C(O)C(F)(F)F. The predicted octanol–water partition coefficient (Wildman–Crippen LogP) is 2.80. The first-order valence-electron chi connectivity index (χ1n) is 7.11. The number of carbonyl (C=O) groups excluding carboxylic acids is 1. The van der Waals surface area contributed by atoms with Gasteiger partial charge in [0.25, 0.3) is 0 Å². The molecule has 4 N–H and O–H groups in total. The summed E-state index contributed by atoms with van der Waals surface area (Å²) in [5.74, 6) is -2.78. The molecule has 0 fully saturated rings. The molecule has 0 saturated heterocycles. The van der Waals surface area contributed by atoms with Gasteiger partial charge in [-0.1, -0.05) is 30.3 Å². The molecule has 0 unspecified atom stereocenters. The van der Waals surface area contributed by atoms with Crippen molar-refractivity contribution in [3.8, 4) is 0 Å². The van der Waals surface area contributed by atoms with E-state index in [1.165, 1.54) is 0 Å². The fraction of sp³-hybridized carbons (Fsp3) is 0.500. The van der Waals surface area contributed by atoms with Gasteiger partial charge < -0.3 is 16.2 Å². The Kier molecular flexibility index (Phi) is 7.43. The number of rotatable bonds is 4. The van der Waals surface area contributed by atoms with Crippen LogP contribution in [0.25, 0.3) is 0 Å². The van der Waals surface area contributed by atoms with Crippen molar-refractivity contribution in [3.05, 3.63) is 35.9 Å². The molecule has 1 rings (SSSR count). The quantitative estimate of drug-likeness (QED) is 0.780. The highest BCUT2D eigenvalue weighted by atomic mass is 19.4. The van der Waals surface area contributed by atoms with Crippen LogP contribution in [-0.4, -0.2) is 28.7 Å². The van der Waals surface area contributed by atoms with E-state index in [9.17, 15) is 18.0 Å². The van der Waals surface area contributed by atoms with Gasteiger partial charge in [0.05, 0.1) is 5.54 Å². The average Bonchev–Trinajstić information content (AvgIpc) is 2.36. The molecule has 0 aliphatic carbocycles. The average molecular weight is 348 g/mol. The van der Waals surface area contributed by atoms with E-state index in [1.54, 1.807) is 0 Å². The van der Waals surface area contributed by atoms with E-state index in [2.05, 4.69) is 5.32 Å². The number of alkyl halides is 3. The molecule has 0 atom stereocenters. The van der Waals surface area contributed by atoms with Gasteiger partial charge in [-0.05, 0) is 33.3 Å². The lowest BCUT2D eigenvalue weighted by molar-refractivity contribution is -0.192. The van der Waals surface area contributed by atoms with E-state index < -0.39 is 17.7 Å². The molecule has 1 amide bonds. The summed E-state index contributed by atoms with van der Waals surface area (Å²) < 4.78 is 31.7. The number of aliphatic carboxylic acids is 1. The second kappa shape index (κ2) is 8.14. The lowest BCUT2D eigenvalue weighted by Crippen LogP contribution is -2.45. The van der Waals surface area contributed by atoms with Crippen molar-refractivity contribution in [1.29, 1.82) is 0 Å². The number of carboxylic acids is 1. The van der Waals surface area contributed by atoms with Crippen LogP contribution in [0.2, 0.25) is 0 Å². The summed E-state index contributed by atoms with van der Waals surface area (Å²) in [5.41, 5.74) is 6.07. The molecule has 0 spiro atoms. The van der Waals surface area contributed by atoms with Gasteiger partial charge >= 0.3 is 12.1 Å². The largest absolute Gasteiger partial charge is 0.490 e. The van der Waals surface area contributed by atoms with Gasteiger partial charge in [0.15, 0.2) is 0 Å². The van der Waals surface area contributed by atoms with Crippen molar-refractivity contribution in [3.63, 3.8) is 0 Å². The Labute approximate surface area is 139 Å². The molecule has 1 aromatic carbocycles. The Balaban J connectivity index is 0.000000640. The number of halogens is 3. The number of hydrogen-bond donors (Lipinski definition) is 3. The van der Waals surface area contributed by atoms with E-state index in [-0.39, 0.29) is 11.4 Å². The fourth-order valence-corrected chi connectivity index (χ4v) is 1.73. The lowest BCUT2D eigenvalue weighted by Gasteiger charge is -2.28. The third-order valence-corrected chi connectivity index (χ3v) is 2.81.